The summed E-state index contributed by atoms with van der Waals surface area (Å²) in [7, 11) is 0. The second kappa shape index (κ2) is 9.27. The quantitative estimate of drug-likeness (QED) is 0.444. The minimum absolute atomic E-state index is 0.171. The molecule has 0 radical (unpaired) electrons. The first-order valence-corrected chi connectivity index (χ1v) is 9.71. The van der Waals surface area contributed by atoms with Crippen molar-refractivity contribution >= 4 is 23.5 Å². The molecule has 0 unspecified atom stereocenters. The number of hydrogen-bond donors (Lipinski definition) is 1. The summed E-state index contributed by atoms with van der Waals surface area (Å²) < 4.78 is 12.3. The number of esters is 1. The van der Waals surface area contributed by atoms with E-state index >= 15 is 0 Å². The van der Waals surface area contributed by atoms with Gasteiger partial charge in [-0.1, -0.05) is 11.6 Å². The van der Waals surface area contributed by atoms with Gasteiger partial charge in [-0.3, -0.25) is 4.79 Å². The molecule has 0 aliphatic rings. The van der Waals surface area contributed by atoms with Gasteiger partial charge in [0.1, 0.15) is 11.5 Å². The van der Waals surface area contributed by atoms with Gasteiger partial charge >= 0.3 is 5.97 Å². The molecule has 0 saturated carbocycles. The van der Waals surface area contributed by atoms with Crippen molar-refractivity contribution in [2.75, 3.05) is 6.61 Å². The summed E-state index contributed by atoms with van der Waals surface area (Å²) in [6, 6.07) is 15.8. The number of nitrogens with zero attached hydrogens (tertiary/aromatic N) is 3. The van der Waals surface area contributed by atoms with Crippen LogP contribution in [0, 0.1) is 0 Å². The topological polar surface area (TPSA) is 99.3 Å². The Labute approximate surface area is 182 Å². The van der Waals surface area contributed by atoms with E-state index in [1.54, 1.807) is 53.5 Å². The number of aromatic nitrogens is 3. The molecule has 1 amide bonds. The van der Waals surface area contributed by atoms with E-state index in [9.17, 15) is 9.59 Å². The van der Waals surface area contributed by atoms with E-state index < -0.39 is 18.5 Å². The van der Waals surface area contributed by atoms with Crippen molar-refractivity contribution in [3.05, 3.63) is 89.5 Å². The Morgan fingerprint density at radius 1 is 1.10 bits per heavy atom. The van der Waals surface area contributed by atoms with E-state index in [0.29, 0.717) is 22.4 Å². The van der Waals surface area contributed by atoms with Crippen molar-refractivity contribution in [1.29, 1.82) is 0 Å². The van der Waals surface area contributed by atoms with Gasteiger partial charge in [-0.05, 0) is 54.6 Å². The second-order valence-corrected chi connectivity index (χ2v) is 6.92. The van der Waals surface area contributed by atoms with Crippen LogP contribution in [0.3, 0.4) is 0 Å². The van der Waals surface area contributed by atoms with Gasteiger partial charge in [0.05, 0.1) is 12.1 Å². The van der Waals surface area contributed by atoms with Gasteiger partial charge in [0.15, 0.2) is 12.4 Å². The molecule has 1 aromatic carbocycles. The summed E-state index contributed by atoms with van der Waals surface area (Å²) in [6.07, 6.45) is 4.74. The van der Waals surface area contributed by atoms with Crippen molar-refractivity contribution in [2.24, 2.45) is 0 Å². The predicted octanol–water partition coefficient (Wildman–Crippen LogP) is 3.65. The molecule has 0 spiro atoms. The lowest BCUT2D eigenvalue weighted by Crippen LogP contribution is -2.28. The lowest BCUT2D eigenvalue weighted by molar-refractivity contribution is -0.124. The Morgan fingerprint density at radius 3 is 2.65 bits per heavy atom. The SMILES string of the molecule is O=C(COC(=O)c1ccc(-n2cccn2)nc1)NCc1ccc(-c2ccc(Cl)cc2)o1. The Hall–Kier alpha value is -3.91. The third kappa shape index (κ3) is 5.18. The molecule has 1 N–H and O–H groups in total. The normalized spacial score (nSPS) is 10.6. The average Bonchev–Trinajstić information content (AvgIpc) is 3.49. The average molecular weight is 437 g/mol. The van der Waals surface area contributed by atoms with Gasteiger partial charge in [0.2, 0.25) is 0 Å². The van der Waals surface area contributed by atoms with E-state index in [-0.39, 0.29) is 12.1 Å². The number of hydrogen-bond acceptors (Lipinski definition) is 6. The summed E-state index contributed by atoms with van der Waals surface area (Å²) in [5.74, 6) is 0.716. The molecule has 4 aromatic rings. The maximum Gasteiger partial charge on any atom is 0.340 e. The fourth-order valence-electron chi connectivity index (χ4n) is 2.74. The highest BCUT2D eigenvalue weighted by atomic mass is 35.5. The number of carbonyl (C=O) groups excluding carboxylic acids is 2. The fraction of sp³-hybridized carbons (Fsp3) is 0.0909. The molecule has 4 rings (SSSR count). The number of amides is 1. The monoisotopic (exact) mass is 436 g/mol. The zero-order chi connectivity index (χ0) is 21.6. The smallest absolute Gasteiger partial charge is 0.340 e. The van der Waals surface area contributed by atoms with Gasteiger partial charge in [-0.2, -0.15) is 5.10 Å². The molecule has 156 valence electrons. The van der Waals surface area contributed by atoms with Crippen LogP contribution in [0.25, 0.3) is 17.1 Å². The molecule has 0 fully saturated rings. The van der Waals surface area contributed by atoms with Gasteiger partial charge in [0.25, 0.3) is 5.91 Å². The molecule has 3 aromatic heterocycles. The maximum atomic E-state index is 12.1. The molecule has 8 nitrogen and oxygen atoms in total. The van der Waals surface area contributed by atoms with E-state index in [1.165, 1.54) is 6.20 Å². The Kier molecular flexibility index (Phi) is 6.09. The molecular weight excluding hydrogens is 420 g/mol. The van der Waals surface area contributed by atoms with Crippen LogP contribution < -0.4 is 5.32 Å². The molecule has 0 aliphatic carbocycles. The first kappa shape index (κ1) is 20.4. The molecule has 31 heavy (non-hydrogen) atoms. The van der Waals surface area contributed by atoms with Gasteiger partial charge < -0.3 is 14.5 Å². The lowest BCUT2D eigenvalue weighted by Gasteiger charge is -2.06. The Bertz CT molecular complexity index is 1170. The van der Waals surface area contributed by atoms with Crippen LogP contribution in [-0.2, 0) is 16.1 Å². The maximum absolute atomic E-state index is 12.1. The number of pyridine rings is 1. The van der Waals surface area contributed by atoms with Crippen LogP contribution in [0.1, 0.15) is 16.1 Å². The molecular formula is C22H17ClN4O4. The summed E-state index contributed by atoms with van der Waals surface area (Å²) >= 11 is 5.89. The summed E-state index contributed by atoms with van der Waals surface area (Å²) in [6.45, 7) is -0.241. The number of ether oxygens (including phenoxy) is 1. The molecule has 0 bridgehead atoms. The number of benzene rings is 1. The van der Waals surface area contributed by atoms with E-state index in [1.807, 2.05) is 18.2 Å². The minimum Gasteiger partial charge on any atom is -0.459 e. The number of rotatable bonds is 7. The Balaban J connectivity index is 1.25. The van der Waals surface area contributed by atoms with Crippen molar-refractivity contribution in [2.45, 2.75) is 6.54 Å². The van der Waals surface area contributed by atoms with Crippen molar-refractivity contribution in [3.63, 3.8) is 0 Å². The van der Waals surface area contributed by atoms with Crippen LogP contribution in [-0.4, -0.2) is 33.2 Å². The largest absolute Gasteiger partial charge is 0.459 e. The van der Waals surface area contributed by atoms with Crippen molar-refractivity contribution in [1.82, 2.24) is 20.1 Å². The van der Waals surface area contributed by atoms with Crippen LogP contribution in [0.5, 0.6) is 0 Å². The first-order chi connectivity index (χ1) is 15.1. The third-order valence-corrected chi connectivity index (χ3v) is 4.56. The standard InChI is InChI=1S/C22H17ClN4O4/c23-17-5-2-15(3-6-17)19-8-7-18(31-19)13-25-21(28)14-30-22(29)16-4-9-20(24-12-16)27-11-1-10-26-27/h1-12H,13-14H2,(H,25,28). The molecule has 0 aliphatic heterocycles. The van der Waals surface area contributed by atoms with Crippen LogP contribution in [0.2, 0.25) is 5.02 Å². The summed E-state index contributed by atoms with van der Waals surface area (Å²) in [5, 5.41) is 7.35. The molecule has 0 atom stereocenters. The zero-order valence-electron chi connectivity index (χ0n) is 16.2. The van der Waals surface area contributed by atoms with E-state index in [0.717, 1.165) is 5.56 Å². The number of nitrogens with one attached hydrogen (secondary N) is 1. The van der Waals surface area contributed by atoms with Gasteiger partial charge in [0, 0.05) is 29.2 Å². The van der Waals surface area contributed by atoms with E-state index in [4.69, 9.17) is 20.8 Å². The molecule has 3 heterocycles. The third-order valence-electron chi connectivity index (χ3n) is 4.31. The van der Waals surface area contributed by atoms with Gasteiger partial charge in [-0.15, -0.1) is 0 Å². The molecule has 0 saturated heterocycles. The summed E-state index contributed by atoms with van der Waals surface area (Å²) in [5.41, 5.74) is 1.12. The van der Waals surface area contributed by atoms with Crippen LogP contribution >= 0.6 is 11.6 Å². The van der Waals surface area contributed by atoms with E-state index in [2.05, 4.69) is 15.4 Å². The Morgan fingerprint density at radius 2 is 1.94 bits per heavy atom. The van der Waals surface area contributed by atoms with Gasteiger partial charge in [-0.25, -0.2) is 14.5 Å². The second-order valence-electron chi connectivity index (χ2n) is 6.48. The highest BCUT2D eigenvalue weighted by molar-refractivity contribution is 6.30. The lowest BCUT2D eigenvalue weighted by atomic mass is 10.2. The first-order valence-electron chi connectivity index (χ1n) is 9.33. The number of halogens is 1. The fourth-order valence-corrected chi connectivity index (χ4v) is 2.87. The number of furan rings is 1. The summed E-state index contributed by atoms with van der Waals surface area (Å²) in [4.78, 5) is 28.3. The van der Waals surface area contributed by atoms with Crippen LogP contribution in [0.15, 0.2) is 77.6 Å². The molecule has 9 heteroatoms. The highest BCUT2D eigenvalue weighted by Crippen LogP contribution is 2.23. The minimum atomic E-state index is -0.641. The zero-order valence-corrected chi connectivity index (χ0v) is 17.0. The van der Waals surface area contributed by atoms with Crippen molar-refractivity contribution in [3.8, 4) is 17.1 Å². The van der Waals surface area contributed by atoms with Crippen LogP contribution in [0.4, 0.5) is 0 Å². The highest BCUT2D eigenvalue weighted by Gasteiger charge is 2.12. The van der Waals surface area contributed by atoms with Crippen molar-refractivity contribution < 1.29 is 18.7 Å². The number of carbonyl (C=O) groups is 2. The predicted molar refractivity (Wildman–Crippen MR) is 113 cm³/mol.